The average molecular weight is 342 g/mol. The van der Waals surface area contributed by atoms with Crippen LogP contribution in [0.3, 0.4) is 0 Å². The molecule has 1 aromatic rings. The number of ether oxygens (including phenoxy) is 1. The van der Waals surface area contributed by atoms with Crippen molar-refractivity contribution in [1.29, 1.82) is 0 Å². The van der Waals surface area contributed by atoms with Crippen LogP contribution in [-0.2, 0) is 16.1 Å². The van der Waals surface area contributed by atoms with Crippen molar-refractivity contribution in [3.05, 3.63) is 35.9 Å². The van der Waals surface area contributed by atoms with Crippen LogP contribution in [0.1, 0.15) is 18.9 Å². The Balaban J connectivity index is 2.03. The van der Waals surface area contributed by atoms with E-state index < -0.39 is 17.6 Å². The van der Waals surface area contributed by atoms with Gasteiger partial charge in [-0.25, -0.2) is 9.59 Å². The maximum Gasteiger partial charge on any atom is 0.411 e. The normalized spacial score (nSPS) is 25.5. The predicted molar refractivity (Wildman–Crippen MR) is 76.7 cm³/mol. The van der Waals surface area contributed by atoms with E-state index in [1.165, 1.54) is 4.90 Å². The molecule has 5 nitrogen and oxygen atoms in total. The number of likely N-dealkylation sites (tertiary alicyclic amines) is 1. The highest BCUT2D eigenvalue weighted by Crippen LogP contribution is 2.33. The minimum atomic E-state index is -1.22. The Morgan fingerprint density at radius 3 is 2.70 bits per heavy atom. The van der Waals surface area contributed by atoms with Crippen molar-refractivity contribution >= 4 is 28.0 Å². The molecule has 1 fully saturated rings. The van der Waals surface area contributed by atoms with E-state index in [1.807, 2.05) is 30.3 Å². The van der Waals surface area contributed by atoms with Gasteiger partial charge in [0, 0.05) is 11.4 Å². The lowest BCUT2D eigenvalue weighted by Crippen LogP contribution is -2.50. The number of rotatable bonds is 3. The second kappa shape index (κ2) is 5.83. The molecule has 6 heteroatoms. The van der Waals surface area contributed by atoms with Crippen molar-refractivity contribution in [3.8, 4) is 0 Å². The first-order chi connectivity index (χ1) is 9.43. The maximum absolute atomic E-state index is 12.1. The summed E-state index contributed by atoms with van der Waals surface area (Å²) in [7, 11) is 0. The van der Waals surface area contributed by atoms with Crippen molar-refractivity contribution in [3.63, 3.8) is 0 Å². The molecule has 0 radical (unpaired) electrons. The van der Waals surface area contributed by atoms with Gasteiger partial charge in [0.25, 0.3) is 0 Å². The minimum absolute atomic E-state index is 0.0344. The highest BCUT2D eigenvalue weighted by atomic mass is 79.9. The number of carbonyl (C=O) groups excluding carboxylic acids is 1. The summed E-state index contributed by atoms with van der Waals surface area (Å²) in [5, 5.41) is 9.32. The topological polar surface area (TPSA) is 66.8 Å². The molecule has 1 aromatic carbocycles. The van der Waals surface area contributed by atoms with Crippen LogP contribution in [0.4, 0.5) is 4.79 Å². The Hall–Kier alpha value is -1.56. The minimum Gasteiger partial charge on any atom is -0.480 e. The molecule has 0 saturated carbocycles. The van der Waals surface area contributed by atoms with Crippen LogP contribution in [0.2, 0.25) is 0 Å². The lowest BCUT2D eigenvalue weighted by Gasteiger charge is -2.30. The fourth-order valence-corrected chi connectivity index (χ4v) is 3.20. The smallest absolute Gasteiger partial charge is 0.411 e. The predicted octanol–water partition coefficient (Wildman–Crippen LogP) is 2.64. The highest BCUT2D eigenvalue weighted by Gasteiger charge is 2.50. The van der Waals surface area contributed by atoms with Crippen molar-refractivity contribution < 1.29 is 19.4 Å². The number of alkyl halides is 1. The van der Waals surface area contributed by atoms with Gasteiger partial charge in [0.2, 0.25) is 0 Å². The standard InChI is InChI=1S/C14H16BrNO4/c1-14(12(17)18)7-11(15)8-16(14)13(19)20-9-10-5-3-2-4-6-10/h2-6,11H,7-9H2,1H3,(H,17,18)/t11-,14+/m1/s1. The fraction of sp³-hybridized carbons (Fsp3) is 0.429. The molecule has 1 N–H and O–H groups in total. The quantitative estimate of drug-likeness (QED) is 0.858. The number of amides is 1. The summed E-state index contributed by atoms with van der Waals surface area (Å²) < 4.78 is 5.21. The van der Waals surface area contributed by atoms with E-state index in [9.17, 15) is 14.7 Å². The molecule has 0 aromatic heterocycles. The van der Waals surface area contributed by atoms with E-state index in [4.69, 9.17) is 4.74 Å². The van der Waals surface area contributed by atoms with Gasteiger partial charge >= 0.3 is 12.1 Å². The largest absolute Gasteiger partial charge is 0.480 e. The molecular formula is C14H16BrNO4. The Bertz CT molecular complexity index is 507. The van der Waals surface area contributed by atoms with Crippen LogP contribution < -0.4 is 0 Å². The number of carboxylic acids is 1. The van der Waals surface area contributed by atoms with Gasteiger partial charge in [-0.1, -0.05) is 46.3 Å². The Kier molecular flexibility index (Phi) is 4.32. The third-order valence-corrected chi connectivity index (χ3v) is 4.09. The number of hydrogen-bond donors (Lipinski definition) is 1. The summed E-state index contributed by atoms with van der Waals surface area (Å²) in [5.74, 6) is -1.02. The number of benzene rings is 1. The molecule has 2 atom stereocenters. The molecule has 1 amide bonds. The molecule has 20 heavy (non-hydrogen) atoms. The second-order valence-electron chi connectivity index (χ2n) is 5.03. The zero-order chi connectivity index (χ0) is 14.8. The van der Waals surface area contributed by atoms with Crippen LogP contribution in [0.25, 0.3) is 0 Å². The zero-order valence-electron chi connectivity index (χ0n) is 11.1. The molecule has 0 aliphatic carbocycles. The van der Waals surface area contributed by atoms with Crippen LogP contribution in [-0.4, -0.2) is 39.0 Å². The van der Waals surface area contributed by atoms with Gasteiger partial charge in [0.05, 0.1) is 0 Å². The summed E-state index contributed by atoms with van der Waals surface area (Å²) >= 11 is 3.37. The average Bonchev–Trinajstić information content (AvgIpc) is 2.74. The van der Waals surface area contributed by atoms with Gasteiger partial charge in [-0.2, -0.15) is 0 Å². The molecule has 1 aliphatic rings. The van der Waals surface area contributed by atoms with Crippen LogP contribution in [0.5, 0.6) is 0 Å². The third kappa shape index (κ3) is 2.95. The van der Waals surface area contributed by atoms with Crippen LogP contribution >= 0.6 is 15.9 Å². The summed E-state index contributed by atoms with van der Waals surface area (Å²) in [4.78, 5) is 24.7. The number of halogens is 1. The molecule has 2 rings (SSSR count). The van der Waals surface area contributed by atoms with Crippen molar-refractivity contribution in [2.45, 2.75) is 30.3 Å². The van der Waals surface area contributed by atoms with Crippen LogP contribution in [0, 0.1) is 0 Å². The lowest BCUT2D eigenvalue weighted by molar-refractivity contribution is -0.147. The number of nitrogens with zero attached hydrogens (tertiary/aromatic N) is 1. The van der Waals surface area contributed by atoms with E-state index in [-0.39, 0.29) is 11.4 Å². The van der Waals surface area contributed by atoms with Gasteiger partial charge in [-0.3, -0.25) is 4.90 Å². The number of aliphatic carboxylic acids is 1. The van der Waals surface area contributed by atoms with Gasteiger partial charge in [-0.05, 0) is 18.9 Å². The zero-order valence-corrected chi connectivity index (χ0v) is 12.7. The molecular weight excluding hydrogens is 326 g/mol. The molecule has 0 spiro atoms. The number of carbonyl (C=O) groups is 2. The maximum atomic E-state index is 12.1. The molecule has 108 valence electrons. The van der Waals surface area contributed by atoms with E-state index in [0.717, 1.165) is 5.56 Å². The SMILES string of the molecule is C[C@@]1(C(=O)O)C[C@@H](Br)CN1C(=O)OCc1ccccc1. The first-order valence-corrected chi connectivity index (χ1v) is 7.21. The summed E-state index contributed by atoms with van der Waals surface area (Å²) in [6, 6.07) is 9.29. The van der Waals surface area contributed by atoms with Gasteiger partial charge in [0.1, 0.15) is 12.1 Å². The monoisotopic (exact) mass is 341 g/mol. The van der Waals surface area contributed by atoms with E-state index in [2.05, 4.69) is 15.9 Å². The molecule has 1 aliphatic heterocycles. The Morgan fingerprint density at radius 2 is 2.10 bits per heavy atom. The van der Waals surface area contributed by atoms with E-state index in [0.29, 0.717) is 13.0 Å². The van der Waals surface area contributed by atoms with E-state index >= 15 is 0 Å². The van der Waals surface area contributed by atoms with Crippen LogP contribution in [0.15, 0.2) is 30.3 Å². The summed E-state index contributed by atoms with van der Waals surface area (Å²) in [6.07, 6.45) is -0.233. The second-order valence-corrected chi connectivity index (χ2v) is 6.33. The molecule has 1 heterocycles. The highest BCUT2D eigenvalue weighted by molar-refractivity contribution is 9.09. The Morgan fingerprint density at radius 1 is 1.45 bits per heavy atom. The summed E-state index contributed by atoms with van der Waals surface area (Å²) in [5.41, 5.74) is -0.352. The van der Waals surface area contributed by atoms with Crippen molar-refractivity contribution in [1.82, 2.24) is 4.90 Å². The van der Waals surface area contributed by atoms with E-state index in [1.54, 1.807) is 6.92 Å². The number of hydrogen-bond acceptors (Lipinski definition) is 3. The third-order valence-electron chi connectivity index (χ3n) is 3.48. The van der Waals surface area contributed by atoms with Gasteiger partial charge in [-0.15, -0.1) is 0 Å². The molecule has 1 saturated heterocycles. The first kappa shape index (κ1) is 14.8. The first-order valence-electron chi connectivity index (χ1n) is 6.29. The number of carboxylic acid groups (broad SMARTS) is 1. The molecule has 0 bridgehead atoms. The van der Waals surface area contributed by atoms with Gasteiger partial charge in [0.15, 0.2) is 0 Å². The lowest BCUT2D eigenvalue weighted by atomic mass is 10.00. The fourth-order valence-electron chi connectivity index (χ4n) is 2.28. The summed E-state index contributed by atoms with van der Waals surface area (Å²) in [6.45, 7) is 2.01. The van der Waals surface area contributed by atoms with Gasteiger partial charge < -0.3 is 9.84 Å². The van der Waals surface area contributed by atoms with Crippen molar-refractivity contribution in [2.75, 3.05) is 6.54 Å². The molecule has 0 unspecified atom stereocenters. The Labute approximate surface area is 125 Å². The van der Waals surface area contributed by atoms with Crippen molar-refractivity contribution in [2.24, 2.45) is 0 Å².